The monoisotopic (exact) mass is 281 g/mol. The molecule has 0 saturated carbocycles. The third-order valence-electron chi connectivity index (χ3n) is 3.42. The number of hydrogen-bond donors (Lipinski definition) is 1. The van der Waals surface area contributed by atoms with Gasteiger partial charge in [-0.15, -0.1) is 0 Å². The molecule has 0 aliphatic heterocycles. The van der Waals surface area contributed by atoms with Crippen molar-refractivity contribution in [2.75, 3.05) is 25.6 Å². The molecule has 2 N–H and O–H groups in total. The molecule has 20 heavy (non-hydrogen) atoms. The van der Waals surface area contributed by atoms with Crippen LogP contribution in [-0.2, 0) is 0 Å². The maximum atomic E-state index is 10.9. The maximum absolute atomic E-state index is 10.9. The molecule has 0 aromatic heterocycles. The maximum Gasteiger partial charge on any atom is 0.275 e. The normalized spacial score (nSPS) is 12.3. The van der Waals surface area contributed by atoms with E-state index in [9.17, 15) is 10.1 Å². The Morgan fingerprint density at radius 2 is 2.05 bits per heavy atom. The van der Waals surface area contributed by atoms with E-state index in [-0.39, 0.29) is 11.7 Å². The van der Waals surface area contributed by atoms with E-state index in [1.54, 1.807) is 12.1 Å². The fourth-order valence-corrected chi connectivity index (χ4v) is 1.82. The molecule has 0 radical (unpaired) electrons. The van der Waals surface area contributed by atoms with Gasteiger partial charge in [-0.1, -0.05) is 13.8 Å². The number of nitro benzene ring substituents is 1. The van der Waals surface area contributed by atoms with Gasteiger partial charge in [0.1, 0.15) is 5.75 Å². The third-order valence-corrected chi connectivity index (χ3v) is 3.42. The summed E-state index contributed by atoms with van der Waals surface area (Å²) in [6, 6.07) is 4.87. The number of hydrogen-bond acceptors (Lipinski definition) is 5. The van der Waals surface area contributed by atoms with Crippen molar-refractivity contribution in [3.05, 3.63) is 28.3 Å². The number of nitrogens with two attached hydrogens (primary N) is 1. The van der Waals surface area contributed by atoms with E-state index in [1.807, 2.05) is 11.9 Å². The van der Waals surface area contributed by atoms with E-state index < -0.39 is 4.92 Å². The van der Waals surface area contributed by atoms with Crippen LogP contribution in [0.3, 0.4) is 0 Å². The molecule has 1 aromatic carbocycles. The average molecular weight is 281 g/mol. The van der Waals surface area contributed by atoms with Crippen molar-refractivity contribution in [1.82, 2.24) is 0 Å². The molecule has 1 unspecified atom stereocenters. The number of methoxy groups -OCH3 is 1. The number of nitro groups is 1. The Morgan fingerprint density at radius 3 is 2.55 bits per heavy atom. The fraction of sp³-hybridized carbons (Fsp3) is 0.571. The Labute approximate surface area is 119 Å². The molecule has 0 saturated heterocycles. The summed E-state index contributed by atoms with van der Waals surface area (Å²) in [5.74, 6) is 0.900. The summed E-state index contributed by atoms with van der Waals surface area (Å²) in [4.78, 5) is 12.4. The SMILES string of the molecule is COc1cc(N(C)CCC(N)C(C)C)cc([N+](=O)[O-])c1. The van der Waals surface area contributed by atoms with E-state index in [0.717, 1.165) is 18.7 Å². The summed E-state index contributed by atoms with van der Waals surface area (Å²) < 4.78 is 5.10. The molecule has 112 valence electrons. The van der Waals surface area contributed by atoms with Crippen molar-refractivity contribution in [1.29, 1.82) is 0 Å². The van der Waals surface area contributed by atoms with Gasteiger partial charge in [-0.2, -0.15) is 0 Å². The van der Waals surface area contributed by atoms with Gasteiger partial charge in [-0.3, -0.25) is 10.1 Å². The van der Waals surface area contributed by atoms with Crippen molar-refractivity contribution in [3.8, 4) is 5.75 Å². The largest absolute Gasteiger partial charge is 0.496 e. The Balaban J connectivity index is 2.83. The lowest BCUT2D eigenvalue weighted by molar-refractivity contribution is -0.384. The van der Waals surface area contributed by atoms with Crippen LogP contribution in [0.1, 0.15) is 20.3 Å². The summed E-state index contributed by atoms with van der Waals surface area (Å²) in [6.07, 6.45) is 0.833. The van der Waals surface area contributed by atoms with Crippen LogP contribution in [-0.4, -0.2) is 31.7 Å². The summed E-state index contributed by atoms with van der Waals surface area (Å²) in [6.45, 7) is 4.91. The molecule has 0 aliphatic carbocycles. The van der Waals surface area contributed by atoms with Gasteiger partial charge in [0.25, 0.3) is 5.69 Å². The van der Waals surface area contributed by atoms with E-state index in [0.29, 0.717) is 11.7 Å². The first-order valence-electron chi connectivity index (χ1n) is 6.65. The summed E-state index contributed by atoms with van der Waals surface area (Å²) in [7, 11) is 3.39. The second-order valence-electron chi connectivity index (χ2n) is 5.26. The zero-order chi connectivity index (χ0) is 15.3. The van der Waals surface area contributed by atoms with Crippen molar-refractivity contribution in [2.24, 2.45) is 11.7 Å². The second kappa shape index (κ2) is 7.09. The van der Waals surface area contributed by atoms with Gasteiger partial charge in [0.05, 0.1) is 18.1 Å². The molecule has 0 fully saturated rings. The topological polar surface area (TPSA) is 81.6 Å². The van der Waals surface area contributed by atoms with Crippen LogP contribution < -0.4 is 15.4 Å². The van der Waals surface area contributed by atoms with Gasteiger partial charge in [0.2, 0.25) is 0 Å². The minimum Gasteiger partial charge on any atom is -0.496 e. The molecule has 0 spiro atoms. The smallest absolute Gasteiger partial charge is 0.275 e. The van der Waals surface area contributed by atoms with Crippen LogP contribution in [0.2, 0.25) is 0 Å². The highest BCUT2D eigenvalue weighted by Gasteiger charge is 2.14. The van der Waals surface area contributed by atoms with Crippen molar-refractivity contribution >= 4 is 11.4 Å². The predicted octanol–water partition coefficient (Wildman–Crippen LogP) is 2.41. The summed E-state index contributed by atoms with van der Waals surface area (Å²) >= 11 is 0. The lowest BCUT2D eigenvalue weighted by atomic mass is 10.0. The Hall–Kier alpha value is -1.82. The molecular formula is C14H23N3O3. The Kier molecular flexibility index (Phi) is 5.76. The first-order chi connectivity index (χ1) is 9.35. The van der Waals surface area contributed by atoms with E-state index in [1.165, 1.54) is 13.2 Å². The minimum absolute atomic E-state index is 0.0272. The summed E-state index contributed by atoms with van der Waals surface area (Å²) in [5.41, 5.74) is 6.80. The van der Waals surface area contributed by atoms with Gasteiger partial charge in [-0.25, -0.2) is 0 Å². The van der Waals surface area contributed by atoms with Crippen LogP contribution in [0.4, 0.5) is 11.4 Å². The second-order valence-corrected chi connectivity index (χ2v) is 5.26. The first kappa shape index (κ1) is 16.2. The molecule has 1 rings (SSSR count). The summed E-state index contributed by atoms with van der Waals surface area (Å²) in [5, 5.41) is 10.9. The lowest BCUT2D eigenvalue weighted by Crippen LogP contribution is -2.31. The number of nitrogens with zero attached hydrogens (tertiary/aromatic N) is 2. The molecule has 0 bridgehead atoms. The van der Waals surface area contributed by atoms with Gasteiger partial charge in [0.15, 0.2) is 0 Å². The van der Waals surface area contributed by atoms with Gasteiger partial charge in [-0.05, 0) is 12.3 Å². The quantitative estimate of drug-likeness (QED) is 0.613. The van der Waals surface area contributed by atoms with Gasteiger partial charge < -0.3 is 15.4 Å². The molecule has 0 aliphatic rings. The van der Waals surface area contributed by atoms with Crippen LogP contribution in [0.5, 0.6) is 5.75 Å². The molecule has 0 heterocycles. The molecule has 6 heteroatoms. The molecule has 1 aromatic rings. The minimum atomic E-state index is -0.417. The Morgan fingerprint density at radius 1 is 1.40 bits per heavy atom. The molecule has 0 amide bonds. The molecule has 6 nitrogen and oxygen atoms in total. The van der Waals surface area contributed by atoms with Crippen LogP contribution in [0, 0.1) is 16.0 Å². The van der Waals surface area contributed by atoms with E-state index in [2.05, 4.69) is 13.8 Å². The van der Waals surface area contributed by atoms with Crippen molar-refractivity contribution < 1.29 is 9.66 Å². The van der Waals surface area contributed by atoms with Gasteiger partial charge in [0, 0.05) is 37.5 Å². The van der Waals surface area contributed by atoms with Crippen LogP contribution >= 0.6 is 0 Å². The molecule has 1 atom stereocenters. The highest BCUT2D eigenvalue weighted by molar-refractivity contribution is 5.57. The predicted molar refractivity (Wildman–Crippen MR) is 80.3 cm³/mol. The number of ether oxygens (including phenoxy) is 1. The zero-order valence-corrected chi connectivity index (χ0v) is 12.5. The first-order valence-corrected chi connectivity index (χ1v) is 6.65. The number of rotatable bonds is 7. The molecular weight excluding hydrogens is 258 g/mol. The lowest BCUT2D eigenvalue weighted by Gasteiger charge is -2.23. The van der Waals surface area contributed by atoms with E-state index >= 15 is 0 Å². The van der Waals surface area contributed by atoms with Crippen LogP contribution in [0.25, 0.3) is 0 Å². The average Bonchev–Trinajstić information content (AvgIpc) is 2.43. The van der Waals surface area contributed by atoms with Crippen molar-refractivity contribution in [3.63, 3.8) is 0 Å². The van der Waals surface area contributed by atoms with Gasteiger partial charge >= 0.3 is 0 Å². The number of anilines is 1. The third kappa shape index (κ3) is 4.38. The zero-order valence-electron chi connectivity index (χ0n) is 12.5. The van der Waals surface area contributed by atoms with Crippen molar-refractivity contribution in [2.45, 2.75) is 26.3 Å². The fourth-order valence-electron chi connectivity index (χ4n) is 1.82. The van der Waals surface area contributed by atoms with E-state index in [4.69, 9.17) is 10.5 Å². The standard InChI is InChI=1S/C14H23N3O3/c1-10(2)14(15)5-6-16(3)11-7-12(17(18)19)9-13(8-11)20-4/h7-10,14H,5-6,15H2,1-4H3. The highest BCUT2D eigenvalue weighted by Crippen LogP contribution is 2.28. The number of benzene rings is 1. The Bertz CT molecular complexity index is 463. The number of non-ortho nitro benzene ring substituents is 1. The highest BCUT2D eigenvalue weighted by atomic mass is 16.6. The van der Waals surface area contributed by atoms with Crippen LogP contribution in [0.15, 0.2) is 18.2 Å².